The first-order valence-electron chi connectivity index (χ1n) is 6.13. The van der Waals surface area contributed by atoms with Crippen molar-refractivity contribution >= 4 is 0 Å². The van der Waals surface area contributed by atoms with Crippen LogP contribution in [0.4, 0.5) is 0 Å². The van der Waals surface area contributed by atoms with Crippen LogP contribution in [0.3, 0.4) is 0 Å². The van der Waals surface area contributed by atoms with E-state index < -0.39 is 0 Å². The lowest BCUT2D eigenvalue weighted by molar-refractivity contribution is -0.179. The minimum Gasteiger partial charge on any atom is -0.0651 e. The molecule has 0 heterocycles. The van der Waals surface area contributed by atoms with E-state index >= 15 is 0 Å². The third-order valence-electron chi connectivity index (χ3n) is 5.46. The van der Waals surface area contributed by atoms with Gasteiger partial charge in [-0.1, -0.05) is 40.5 Å². The SMILES string of the molecule is CCC1CC2C1CC2(C)C(C)CC. The van der Waals surface area contributed by atoms with Gasteiger partial charge in [-0.15, -0.1) is 0 Å². The molecule has 0 heteroatoms. The van der Waals surface area contributed by atoms with Gasteiger partial charge in [0.25, 0.3) is 0 Å². The molecule has 2 saturated carbocycles. The maximum atomic E-state index is 2.54. The molecule has 0 aromatic rings. The standard InChI is InChI=1S/C13H24/c1-5-9(3)13(4)8-11-10(6-2)7-12(11)13/h9-12H,5-8H2,1-4H3. The minimum absolute atomic E-state index is 0.727. The molecule has 5 atom stereocenters. The molecule has 0 bridgehead atoms. The maximum Gasteiger partial charge on any atom is -0.0266 e. The average molecular weight is 180 g/mol. The van der Waals surface area contributed by atoms with Crippen molar-refractivity contribution in [3.05, 3.63) is 0 Å². The molecule has 0 spiro atoms. The largest absolute Gasteiger partial charge is 0.0651 e. The van der Waals surface area contributed by atoms with Crippen LogP contribution in [0.5, 0.6) is 0 Å². The van der Waals surface area contributed by atoms with Crippen LogP contribution in [0.2, 0.25) is 0 Å². The third kappa shape index (κ3) is 1.10. The van der Waals surface area contributed by atoms with Crippen LogP contribution in [0.25, 0.3) is 0 Å². The predicted molar refractivity (Wildman–Crippen MR) is 57.6 cm³/mol. The lowest BCUT2D eigenvalue weighted by Gasteiger charge is -2.67. The molecule has 2 rings (SSSR count). The van der Waals surface area contributed by atoms with Crippen LogP contribution in [0.1, 0.15) is 53.4 Å². The van der Waals surface area contributed by atoms with Crippen LogP contribution in [0, 0.1) is 29.1 Å². The Morgan fingerprint density at radius 3 is 2.46 bits per heavy atom. The second-order valence-electron chi connectivity index (χ2n) is 5.69. The van der Waals surface area contributed by atoms with E-state index in [9.17, 15) is 0 Å². The summed E-state index contributed by atoms with van der Waals surface area (Å²) in [5.41, 5.74) is 0.727. The van der Waals surface area contributed by atoms with Crippen LogP contribution < -0.4 is 0 Å². The molecule has 0 nitrogen and oxygen atoms in total. The summed E-state index contributed by atoms with van der Waals surface area (Å²) < 4.78 is 0. The molecule has 0 radical (unpaired) electrons. The van der Waals surface area contributed by atoms with Gasteiger partial charge in [0, 0.05) is 0 Å². The van der Waals surface area contributed by atoms with E-state index in [1.807, 2.05) is 0 Å². The Hall–Kier alpha value is 0. The summed E-state index contributed by atoms with van der Waals surface area (Å²) in [6, 6.07) is 0. The Kier molecular flexibility index (Phi) is 2.20. The third-order valence-corrected chi connectivity index (χ3v) is 5.46. The monoisotopic (exact) mass is 180 g/mol. The molecule has 2 aliphatic carbocycles. The zero-order valence-corrected chi connectivity index (χ0v) is 9.64. The maximum absolute atomic E-state index is 2.54. The number of hydrogen-bond donors (Lipinski definition) is 0. The summed E-state index contributed by atoms with van der Waals surface area (Å²) in [7, 11) is 0. The van der Waals surface area contributed by atoms with Gasteiger partial charge in [-0.25, -0.2) is 0 Å². The van der Waals surface area contributed by atoms with Gasteiger partial charge >= 0.3 is 0 Å². The fourth-order valence-corrected chi connectivity index (χ4v) is 3.88. The topological polar surface area (TPSA) is 0 Å². The van der Waals surface area contributed by atoms with Gasteiger partial charge in [-0.05, 0) is 41.9 Å². The van der Waals surface area contributed by atoms with Crippen molar-refractivity contribution in [2.75, 3.05) is 0 Å². The molecule has 0 aromatic carbocycles. The average Bonchev–Trinajstić information content (AvgIpc) is 2.12. The van der Waals surface area contributed by atoms with Crippen molar-refractivity contribution in [3.63, 3.8) is 0 Å². The van der Waals surface area contributed by atoms with Crippen molar-refractivity contribution in [3.8, 4) is 0 Å². The van der Waals surface area contributed by atoms with Crippen molar-refractivity contribution in [1.82, 2.24) is 0 Å². The highest BCUT2D eigenvalue weighted by Gasteiger charge is 2.60. The summed E-state index contributed by atoms with van der Waals surface area (Å²) in [4.78, 5) is 0. The molecule has 0 aromatic heterocycles. The van der Waals surface area contributed by atoms with E-state index in [0.29, 0.717) is 0 Å². The molecule has 13 heavy (non-hydrogen) atoms. The van der Waals surface area contributed by atoms with E-state index in [-0.39, 0.29) is 0 Å². The Morgan fingerprint density at radius 1 is 1.38 bits per heavy atom. The minimum atomic E-state index is 0.727. The molecular weight excluding hydrogens is 156 g/mol. The highest BCUT2D eigenvalue weighted by atomic mass is 14.6. The van der Waals surface area contributed by atoms with Crippen molar-refractivity contribution < 1.29 is 0 Å². The summed E-state index contributed by atoms with van der Waals surface area (Å²) >= 11 is 0. The lowest BCUT2D eigenvalue weighted by Crippen LogP contribution is -2.59. The predicted octanol–water partition coefficient (Wildman–Crippen LogP) is 4.10. The molecule has 76 valence electrons. The van der Waals surface area contributed by atoms with Crippen LogP contribution >= 0.6 is 0 Å². The number of hydrogen-bond acceptors (Lipinski definition) is 0. The van der Waals surface area contributed by atoms with Gasteiger partial charge in [-0.3, -0.25) is 0 Å². The van der Waals surface area contributed by atoms with E-state index in [0.717, 1.165) is 29.1 Å². The van der Waals surface area contributed by atoms with Gasteiger partial charge in [0.05, 0.1) is 0 Å². The second-order valence-corrected chi connectivity index (χ2v) is 5.69. The molecule has 0 N–H and O–H groups in total. The molecule has 5 unspecified atom stereocenters. The number of rotatable bonds is 3. The summed E-state index contributed by atoms with van der Waals surface area (Å²) in [6.07, 6.45) is 5.88. The zero-order chi connectivity index (χ0) is 9.64. The van der Waals surface area contributed by atoms with Gasteiger partial charge in [0.1, 0.15) is 0 Å². The first-order chi connectivity index (χ1) is 6.13. The molecule has 0 amide bonds. The summed E-state index contributed by atoms with van der Waals surface area (Å²) in [5.74, 6) is 4.28. The Bertz CT molecular complexity index is 196. The van der Waals surface area contributed by atoms with Crippen LogP contribution in [-0.4, -0.2) is 0 Å². The highest BCUT2D eigenvalue weighted by molar-refractivity contribution is 5.09. The Morgan fingerprint density at radius 2 is 2.08 bits per heavy atom. The van der Waals surface area contributed by atoms with E-state index in [1.165, 1.54) is 19.3 Å². The Labute approximate surface area is 83.1 Å². The van der Waals surface area contributed by atoms with Gasteiger partial charge < -0.3 is 0 Å². The summed E-state index contributed by atoms with van der Waals surface area (Å²) in [6.45, 7) is 9.70. The van der Waals surface area contributed by atoms with E-state index in [2.05, 4.69) is 27.7 Å². The van der Waals surface area contributed by atoms with Crippen LogP contribution in [0.15, 0.2) is 0 Å². The zero-order valence-electron chi connectivity index (χ0n) is 9.64. The smallest absolute Gasteiger partial charge is 0.0266 e. The van der Waals surface area contributed by atoms with E-state index in [4.69, 9.17) is 0 Å². The molecular formula is C13H24. The fraction of sp³-hybridized carbons (Fsp3) is 1.00. The van der Waals surface area contributed by atoms with Crippen molar-refractivity contribution in [2.45, 2.75) is 53.4 Å². The summed E-state index contributed by atoms with van der Waals surface area (Å²) in [5, 5.41) is 0. The lowest BCUT2D eigenvalue weighted by atomic mass is 9.38. The second kappa shape index (κ2) is 3.00. The van der Waals surface area contributed by atoms with E-state index in [1.54, 1.807) is 6.42 Å². The molecule has 2 aliphatic rings. The van der Waals surface area contributed by atoms with Crippen molar-refractivity contribution in [2.24, 2.45) is 29.1 Å². The van der Waals surface area contributed by atoms with Gasteiger partial charge in [0.15, 0.2) is 0 Å². The fourth-order valence-electron chi connectivity index (χ4n) is 3.88. The normalized spacial score (nSPS) is 50.3. The van der Waals surface area contributed by atoms with Crippen LogP contribution in [-0.2, 0) is 0 Å². The quantitative estimate of drug-likeness (QED) is 0.613. The van der Waals surface area contributed by atoms with Crippen molar-refractivity contribution in [1.29, 1.82) is 0 Å². The Balaban J connectivity index is 1.94. The molecule has 2 fully saturated rings. The molecule has 0 aliphatic heterocycles. The number of fused-ring (bicyclic) bond motifs is 1. The first-order valence-corrected chi connectivity index (χ1v) is 6.13. The highest BCUT2D eigenvalue weighted by Crippen LogP contribution is 2.68. The first kappa shape index (κ1) is 9.55. The molecule has 0 saturated heterocycles. The van der Waals surface area contributed by atoms with Gasteiger partial charge in [-0.2, -0.15) is 0 Å². The van der Waals surface area contributed by atoms with Gasteiger partial charge in [0.2, 0.25) is 0 Å².